The largest absolute Gasteiger partial charge is 2.00 e. The van der Waals surface area contributed by atoms with Crippen LogP contribution in [-0.2, 0) is 21.1 Å². The number of aryl methyl sites for hydroxylation is 1. The molecule has 2 aliphatic rings. The summed E-state index contributed by atoms with van der Waals surface area (Å²) >= 11 is 0. The molecule has 3 heterocycles. The third-order valence-electron chi connectivity index (χ3n) is 9.60. The van der Waals surface area contributed by atoms with Crippen LogP contribution in [0.5, 0.6) is 11.5 Å². The molecule has 234 valence electrons. The van der Waals surface area contributed by atoms with Gasteiger partial charge in [0.1, 0.15) is 5.82 Å². The molecular formula is C41H34N4OPt. The Hall–Kier alpha value is -4.47. The van der Waals surface area contributed by atoms with Crippen LogP contribution in [0.4, 0.5) is 0 Å². The second-order valence-electron chi connectivity index (χ2n) is 12.8. The summed E-state index contributed by atoms with van der Waals surface area (Å²) in [5.41, 5.74) is 9.29. The van der Waals surface area contributed by atoms with Gasteiger partial charge in [-0.25, -0.2) is 4.98 Å². The third kappa shape index (κ3) is 5.41. The Labute approximate surface area is 289 Å². The number of benzene rings is 4. The van der Waals surface area contributed by atoms with E-state index >= 15 is 0 Å². The van der Waals surface area contributed by atoms with Crippen molar-refractivity contribution in [2.45, 2.75) is 57.3 Å². The molecule has 6 heteroatoms. The molecule has 0 N–H and O–H groups in total. The topological polar surface area (TPSA) is 44.9 Å². The van der Waals surface area contributed by atoms with Crippen molar-refractivity contribution in [3.05, 3.63) is 132 Å². The average Bonchev–Trinajstić information content (AvgIpc) is 3.49. The van der Waals surface area contributed by atoms with Crippen LogP contribution in [0.1, 0.15) is 67.3 Å². The van der Waals surface area contributed by atoms with Crippen LogP contribution in [0.3, 0.4) is 0 Å². The van der Waals surface area contributed by atoms with Gasteiger partial charge in [0.25, 0.3) is 0 Å². The minimum absolute atomic E-state index is 0. The molecule has 2 saturated carbocycles. The summed E-state index contributed by atoms with van der Waals surface area (Å²) in [4.78, 5) is 4.72. The molecule has 7 aromatic rings. The summed E-state index contributed by atoms with van der Waals surface area (Å²) in [6, 6.07) is 40.9. The van der Waals surface area contributed by atoms with Crippen LogP contribution in [0.25, 0.3) is 44.4 Å². The van der Waals surface area contributed by atoms with Gasteiger partial charge in [-0.15, -0.1) is 35.7 Å². The first kappa shape index (κ1) is 29.9. The predicted molar refractivity (Wildman–Crippen MR) is 183 cm³/mol. The zero-order chi connectivity index (χ0) is 30.6. The Bertz CT molecular complexity index is 2220. The Morgan fingerprint density at radius 1 is 0.745 bits per heavy atom. The molecule has 9 rings (SSSR count). The Kier molecular flexibility index (Phi) is 7.81. The first-order valence-corrected chi connectivity index (χ1v) is 16.5. The molecule has 2 fully saturated rings. The summed E-state index contributed by atoms with van der Waals surface area (Å²) in [7, 11) is 0. The van der Waals surface area contributed by atoms with E-state index in [0.717, 1.165) is 38.9 Å². The van der Waals surface area contributed by atoms with Crippen molar-refractivity contribution in [3.63, 3.8) is 0 Å². The molecule has 0 atom stereocenters. The fraction of sp³-hybridized carbons (Fsp3) is 0.220. The van der Waals surface area contributed by atoms with Gasteiger partial charge >= 0.3 is 21.1 Å². The van der Waals surface area contributed by atoms with Gasteiger partial charge in [-0.3, -0.25) is 4.68 Å². The van der Waals surface area contributed by atoms with Gasteiger partial charge in [-0.05, 0) is 73.0 Å². The molecule has 0 saturated heterocycles. The number of para-hydroxylation sites is 1. The number of rotatable bonds is 7. The minimum atomic E-state index is 0. The number of nitrogens with zero attached hydrogens (tertiary/aromatic N) is 4. The molecule has 0 unspecified atom stereocenters. The van der Waals surface area contributed by atoms with Gasteiger partial charge in [-0.1, -0.05) is 66.9 Å². The fourth-order valence-electron chi connectivity index (χ4n) is 7.30. The zero-order valence-electron chi connectivity index (χ0n) is 26.2. The van der Waals surface area contributed by atoms with E-state index in [1.54, 1.807) is 0 Å². The molecule has 2 aliphatic carbocycles. The SMILES string of the molecule is Cc1ccnc(-n2c3[c-]c(Oc4[c-]c(-n5nc(C6CC6)c(-c6ccccc6)c5C5CCCC5)ccc4)ccc3c3ccccc32)c1.[Pt+2]. The van der Waals surface area contributed by atoms with Crippen LogP contribution in [0.15, 0.2) is 103 Å². The van der Waals surface area contributed by atoms with Crippen LogP contribution in [-0.4, -0.2) is 19.3 Å². The van der Waals surface area contributed by atoms with E-state index in [1.165, 1.54) is 61.0 Å². The number of ether oxygens (including phenoxy) is 1. The maximum Gasteiger partial charge on any atom is 2.00 e. The fourth-order valence-corrected chi connectivity index (χ4v) is 7.30. The van der Waals surface area contributed by atoms with E-state index in [2.05, 4.69) is 101 Å². The molecule has 47 heavy (non-hydrogen) atoms. The van der Waals surface area contributed by atoms with Crippen molar-refractivity contribution in [2.24, 2.45) is 0 Å². The van der Waals surface area contributed by atoms with Crippen LogP contribution < -0.4 is 4.74 Å². The minimum Gasteiger partial charge on any atom is -0.509 e. The summed E-state index contributed by atoms with van der Waals surface area (Å²) in [6.45, 7) is 2.09. The average molecular weight is 794 g/mol. The maximum atomic E-state index is 6.52. The number of hydrogen-bond acceptors (Lipinski definition) is 3. The molecule has 0 bridgehead atoms. The summed E-state index contributed by atoms with van der Waals surface area (Å²) in [5, 5.41) is 7.62. The van der Waals surface area contributed by atoms with Gasteiger partial charge in [-0.2, -0.15) is 17.2 Å². The van der Waals surface area contributed by atoms with Gasteiger partial charge in [0.2, 0.25) is 0 Å². The van der Waals surface area contributed by atoms with E-state index < -0.39 is 0 Å². The number of aromatic nitrogens is 4. The van der Waals surface area contributed by atoms with Crippen molar-refractivity contribution in [3.8, 4) is 34.1 Å². The van der Waals surface area contributed by atoms with E-state index in [0.29, 0.717) is 23.3 Å². The van der Waals surface area contributed by atoms with Gasteiger partial charge in [0.15, 0.2) is 0 Å². The molecule has 0 amide bonds. The van der Waals surface area contributed by atoms with Crippen molar-refractivity contribution in [1.29, 1.82) is 0 Å². The molecule has 5 nitrogen and oxygen atoms in total. The molecule has 0 aliphatic heterocycles. The van der Waals surface area contributed by atoms with Crippen LogP contribution in [0.2, 0.25) is 0 Å². The molecule has 0 spiro atoms. The van der Waals surface area contributed by atoms with E-state index in [-0.39, 0.29) is 21.1 Å². The van der Waals surface area contributed by atoms with E-state index in [1.807, 2.05) is 30.5 Å². The summed E-state index contributed by atoms with van der Waals surface area (Å²) in [6.07, 6.45) is 9.21. The Morgan fingerprint density at radius 3 is 2.34 bits per heavy atom. The molecule has 4 aromatic carbocycles. The predicted octanol–water partition coefficient (Wildman–Crippen LogP) is 10.3. The second kappa shape index (κ2) is 12.3. The third-order valence-corrected chi connectivity index (χ3v) is 9.60. The summed E-state index contributed by atoms with van der Waals surface area (Å²) in [5.74, 6) is 3.17. The maximum absolute atomic E-state index is 6.52. The van der Waals surface area contributed by atoms with Gasteiger partial charge in [0, 0.05) is 40.6 Å². The van der Waals surface area contributed by atoms with E-state index in [9.17, 15) is 0 Å². The van der Waals surface area contributed by atoms with Crippen molar-refractivity contribution < 1.29 is 25.8 Å². The number of fused-ring (bicyclic) bond motifs is 3. The van der Waals surface area contributed by atoms with Crippen LogP contribution in [0, 0.1) is 19.1 Å². The van der Waals surface area contributed by atoms with Crippen molar-refractivity contribution in [1.82, 2.24) is 19.3 Å². The zero-order valence-corrected chi connectivity index (χ0v) is 28.5. The van der Waals surface area contributed by atoms with Gasteiger partial charge < -0.3 is 9.30 Å². The standard InChI is InChI=1S/C41H34N4O.Pt/c1-27-22-23-42-38(24-27)44-36-17-8-7-16-34(36)35-21-20-33(26-37(35)44)46-32-15-9-14-31(25-32)45-41(30-12-5-6-13-30)39(28-10-3-2-4-11-28)40(43-45)29-18-19-29;/h2-4,7-11,14-17,20-24,29-30H,5-6,12-13,18-19H2,1H3;/q-2;+2. The first-order valence-electron chi connectivity index (χ1n) is 16.5. The van der Waals surface area contributed by atoms with E-state index in [4.69, 9.17) is 14.8 Å². The quantitative estimate of drug-likeness (QED) is 0.151. The Balaban J connectivity index is 0.00000324. The molecule has 0 radical (unpaired) electrons. The molecule has 3 aromatic heterocycles. The normalized spacial score (nSPS) is 14.9. The smallest absolute Gasteiger partial charge is 0.509 e. The van der Waals surface area contributed by atoms with Gasteiger partial charge in [0.05, 0.1) is 11.4 Å². The van der Waals surface area contributed by atoms with Crippen LogP contribution >= 0.6 is 0 Å². The molecular weight excluding hydrogens is 760 g/mol. The Morgan fingerprint density at radius 2 is 1.53 bits per heavy atom. The number of pyridine rings is 1. The monoisotopic (exact) mass is 793 g/mol. The number of hydrogen-bond donors (Lipinski definition) is 0. The van der Waals surface area contributed by atoms with Crippen molar-refractivity contribution >= 4 is 21.8 Å². The van der Waals surface area contributed by atoms with Crippen molar-refractivity contribution in [2.75, 3.05) is 0 Å². The second-order valence-corrected chi connectivity index (χ2v) is 12.8. The summed E-state index contributed by atoms with van der Waals surface area (Å²) < 4.78 is 10.9. The first-order chi connectivity index (χ1) is 22.7.